The average molecular weight is 365 g/mol. The van der Waals surface area contributed by atoms with Gasteiger partial charge in [0.2, 0.25) is 5.95 Å². The predicted octanol–water partition coefficient (Wildman–Crippen LogP) is 2.01. The topological polar surface area (TPSA) is 81.6 Å². The number of aromatic nitrogens is 4. The number of alkyl halides is 3. The van der Waals surface area contributed by atoms with Crippen LogP contribution in [0.1, 0.15) is 12.8 Å². The molecule has 1 unspecified atom stereocenters. The lowest BCUT2D eigenvalue weighted by Crippen LogP contribution is -2.42. The van der Waals surface area contributed by atoms with E-state index in [-0.39, 0.29) is 29.6 Å². The highest BCUT2D eigenvalue weighted by molar-refractivity contribution is 6.32. The van der Waals surface area contributed by atoms with Crippen LogP contribution < -0.4 is 10.5 Å². The van der Waals surface area contributed by atoms with Crippen molar-refractivity contribution in [2.24, 2.45) is 5.92 Å². The van der Waals surface area contributed by atoms with Crippen molar-refractivity contribution in [2.45, 2.75) is 19.0 Å². The summed E-state index contributed by atoms with van der Waals surface area (Å²) in [5.74, 6) is 0.0156. The van der Waals surface area contributed by atoms with Crippen LogP contribution in [0.15, 0.2) is 6.20 Å². The first kappa shape index (κ1) is 17.0. The van der Waals surface area contributed by atoms with E-state index in [0.717, 1.165) is 6.42 Å². The second kappa shape index (κ2) is 6.60. The van der Waals surface area contributed by atoms with Crippen LogP contribution in [-0.4, -0.2) is 56.9 Å². The molecule has 3 rings (SSSR count). The van der Waals surface area contributed by atoms with Gasteiger partial charge in [0, 0.05) is 12.5 Å². The van der Waals surface area contributed by atoms with Crippen molar-refractivity contribution in [2.75, 3.05) is 32.0 Å². The number of nitrogens with two attached hydrogens (primary N) is 1. The summed E-state index contributed by atoms with van der Waals surface area (Å²) in [5, 5.41) is 4.15. The van der Waals surface area contributed by atoms with Gasteiger partial charge in [0.15, 0.2) is 5.15 Å². The summed E-state index contributed by atoms with van der Waals surface area (Å²) in [4.78, 5) is 9.27. The highest BCUT2D eigenvalue weighted by Gasteiger charge is 2.33. The SMILES string of the molecule is Nc1ncc2c(Cl)nc(OCC3CCCN(CC(F)(F)F)C3)n2n1. The van der Waals surface area contributed by atoms with E-state index in [4.69, 9.17) is 22.1 Å². The fraction of sp³-hybridized carbons (Fsp3) is 0.615. The third-order valence-electron chi connectivity index (χ3n) is 3.79. The second-order valence-corrected chi connectivity index (χ2v) is 6.13. The second-order valence-electron chi connectivity index (χ2n) is 5.77. The van der Waals surface area contributed by atoms with Gasteiger partial charge in [0.25, 0.3) is 0 Å². The molecule has 132 valence electrons. The predicted molar refractivity (Wildman–Crippen MR) is 80.9 cm³/mol. The molecule has 0 amide bonds. The van der Waals surface area contributed by atoms with Gasteiger partial charge in [0.05, 0.1) is 19.3 Å². The molecule has 0 aromatic carbocycles. The standard InChI is InChI=1S/C13H16ClF3N6O/c14-10-9-4-19-11(18)21-23(9)12(20-10)24-6-8-2-1-3-22(5-8)7-13(15,16)17/h4,8H,1-3,5-7H2,(H2,18,21). The molecule has 1 atom stereocenters. The average Bonchev–Trinajstić information content (AvgIpc) is 2.79. The van der Waals surface area contributed by atoms with Gasteiger partial charge >= 0.3 is 12.2 Å². The highest BCUT2D eigenvalue weighted by Crippen LogP contribution is 2.25. The lowest BCUT2D eigenvalue weighted by molar-refractivity contribution is -0.149. The third kappa shape index (κ3) is 3.99. The molecule has 7 nitrogen and oxygen atoms in total. The van der Waals surface area contributed by atoms with E-state index >= 15 is 0 Å². The number of likely N-dealkylation sites (tertiary alicyclic amines) is 1. The number of anilines is 1. The maximum Gasteiger partial charge on any atom is 0.401 e. The lowest BCUT2D eigenvalue weighted by Gasteiger charge is -2.32. The fourth-order valence-electron chi connectivity index (χ4n) is 2.81. The van der Waals surface area contributed by atoms with E-state index in [1.54, 1.807) is 0 Å². The van der Waals surface area contributed by atoms with Crippen LogP contribution in [0.2, 0.25) is 5.15 Å². The minimum Gasteiger partial charge on any atom is -0.463 e. The van der Waals surface area contributed by atoms with E-state index < -0.39 is 12.7 Å². The van der Waals surface area contributed by atoms with Gasteiger partial charge in [-0.05, 0) is 19.4 Å². The van der Waals surface area contributed by atoms with Crippen molar-refractivity contribution >= 4 is 23.1 Å². The van der Waals surface area contributed by atoms with Crippen molar-refractivity contribution in [3.05, 3.63) is 11.3 Å². The Morgan fingerprint density at radius 2 is 2.21 bits per heavy atom. The Kier molecular flexibility index (Phi) is 4.68. The molecule has 2 aromatic heterocycles. The van der Waals surface area contributed by atoms with Crippen molar-refractivity contribution in [3.63, 3.8) is 0 Å². The third-order valence-corrected chi connectivity index (χ3v) is 4.07. The number of halogens is 4. The molecule has 1 saturated heterocycles. The quantitative estimate of drug-likeness (QED) is 0.893. The Morgan fingerprint density at radius 1 is 1.42 bits per heavy atom. The Morgan fingerprint density at radius 3 is 2.96 bits per heavy atom. The number of hydrogen-bond acceptors (Lipinski definition) is 6. The summed E-state index contributed by atoms with van der Waals surface area (Å²) in [6, 6.07) is 0.150. The summed E-state index contributed by atoms with van der Waals surface area (Å²) in [6.45, 7) is 0.102. The maximum atomic E-state index is 12.5. The molecule has 0 bridgehead atoms. The number of hydrogen-bond donors (Lipinski definition) is 1. The summed E-state index contributed by atoms with van der Waals surface area (Å²) < 4.78 is 44.5. The smallest absolute Gasteiger partial charge is 0.401 e. The number of piperidine rings is 1. The van der Waals surface area contributed by atoms with E-state index in [1.165, 1.54) is 15.6 Å². The van der Waals surface area contributed by atoms with Crippen LogP contribution in [0, 0.1) is 5.92 Å². The molecule has 1 aliphatic heterocycles. The van der Waals surface area contributed by atoms with Crippen LogP contribution in [0.3, 0.4) is 0 Å². The number of imidazole rings is 1. The molecule has 2 aromatic rings. The minimum atomic E-state index is -4.19. The Balaban J connectivity index is 1.64. The number of fused-ring (bicyclic) bond motifs is 1. The van der Waals surface area contributed by atoms with Crippen molar-refractivity contribution in [1.29, 1.82) is 0 Å². The number of nitrogen functional groups attached to an aromatic ring is 1. The van der Waals surface area contributed by atoms with Crippen LogP contribution in [0.5, 0.6) is 6.01 Å². The van der Waals surface area contributed by atoms with Gasteiger partial charge in [0.1, 0.15) is 5.52 Å². The zero-order valence-electron chi connectivity index (χ0n) is 12.6. The van der Waals surface area contributed by atoms with Crippen LogP contribution >= 0.6 is 11.6 Å². The van der Waals surface area contributed by atoms with Crippen LogP contribution in [-0.2, 0) is 0 Å². The minimum absolute atomic E-state index is 0.0218. The normalized spacial score (nSPS) is 19.8. The molecule has 0 spiro atoms. The Hall–Kier alpha value is -1.81. The molecule has 0 saturated carbocycles. The molecular formula is C13H16ClF3N6O. The first-order valence-corrected chi connectivity index (χ1v) is 7.78. The van der Waals surface area contributed by atoms with Crippen LogP contribution in [0.4, 0.5) is 19.1 Å². The molecule has 3 heterocycles. The first-order valence-electron chi connectivity index (χ1n) is 7.40. The van der Waals surface area contributed by atoms with Gasteiger partial charge in [-0.25, -0.2) is 4.98 Å². The number of ether oxygens (including phenoxy) is 1. The molecule has 11 heteroatoms. The van der Waals surface area contributed by atoms with Gasteiger partial charge in [-0.3, -0.25) is 4.90 Å². The summed E-state index contributed by atoms with van der Waals surface area (Å²) in [5.41, 5.74) is 5.98. The zero-order valence-corrected chi connectivity index (χ0v) is 13.4. The zero-order chi connectivity index (χ0) is 17.3. The maximum absolute atomic E-state index is 12.5. The van der Waals surface area contributed by atoms with Crippen molar-refractivity contribution < 1.29 is 17.9 Å². The Labute approximate surface area is 140 Å². The Bertz CT molecular complexity index is 722. The fourth-order valence-corrected chi connectivity index (χ4v) is 3.01. The largest absolute Gasteiger partial charge is 0.463 e. The first-order chi connectivity index (χ1) is 11.3. The molecular weight excluding hydrogens is 349 g/mol. The van der Waals surface area contributed by atoms with Crippen molar-refractivity contribution in [1.82, 2.24) is 24.5 Å². The molecule has 0 aliphatic carbocycles. The van der Waals surface area contributed by atoms with E-state index in [1.807, 2.05) is 0 Å². The molecule has 1 fully saturated rings. The molecule has 0 radical (unpaired) electrons. The lowest BCUT2D eigenvalue weighted by atomic mass is 9.99. The van der Waals surface area contributed by atoms with E-state index in [0.29, 0.717) is 25.0 Å². The summed E-state index contributed by atoms with van der Waals surface area (Å²) in [6.07, 6.45) is -1.27. The summed E-state index contributed by atoms with van der Waals surface area (Å²) >= 11 is 5.98. The van der Waals surface area contributed by atoms with Gasteiger partial charge < -0.3 is 10.5 Å². The molecule has 1 aliphatic rings. The van der Waals surface area contributed by atoms with Gasteiger partial charge in [-0.1, -0.05) is 11.6 Å². The van der Waals surface area contributed by atoms with Crippen LogP contribution in [0.25, 0.3) is 5.52 Å². The van der Waals surface area contributed by atoms with Gasteiger partial charge in [-0.2, -0.15) is 22.7 Å². The van der Waals surface area contributed by atoms with Crippen molar-refractivity contribution in [3.8, 4) is 6.01 Å². The molecule has 24 heavy (non-hydrogen) atoms. The van der Waals surface area contributed by atoms with Gasteiger partial charge in [-0.15, -0.1) is 5.10 Å². The highest BCUT2D eigenvalue weighted by atomic mass is 35.5. The summed E-state index contributed by atoms with van der Waals surface area (Å²) in [7, 11) is 0. The monoisotopic (exact) mass is 364 g/mol. The van der Waals surface area contributed by atoms with E-state index in [9.17, 15) is 13.2 Å². The number of nitrogens with zero attached hydrogens (tertiary/aromatic N) is 5. The number of rotatable bonds is 4. The molecule has 2 N–H and O–H groups in total. The van der Waals surface area contributed by atoms with E-state index in [2.05, 4.69) is 15.1 Å².